The van der Waals surface area contributed by atoms with Crippen LogP contribution in [0.5, 0.6) is 11.5 Å². The summed E-state index contributed by atoms with van der Waals surface area (Å²) in [4.78, 5) is 2.71. The van der Waals surface area contributed by atoms with E-state index in [4.69, 9.17) is 13.9 Å². The van der Waals surface area contributed by atoms with Gasteiger partial charge in [-0.15, -0.1) is 6.58 Å². The zero-order chi connectivity index (χ0) is 22.7. The molecule has 8 rings (SSSR count). The van der Waals surface area contributed by atoms with Crippen LogP contribution in [0.15, 0.2) is 53.5 Å². The van der Waals surface area contributed by atoms with Crippen LogP contribution in [0.3, 0.4) is 0 Å². The van der Waals surface area contributed by atoms with Crippen LogP contribution in [0, 0.1) is 5.92 Å². The number of hydrogen-bond acceptors (Lipinski definition) is 5. The first-order valence-electron chi connectivity index (χ1n) is 12.7. The third-order valence-electron chi connectivity index (χ3n) is 9.35. The zero-order valence-corrected chi connectivity index (χ0v) is 19.3. The van der Waals surface area contributed by atoms with E-state index in [9.17, 15) is 5.11 Å². The molecule has 2 aromatic carbocycles. The van der Waals surface area contributed by atoms with Crippen LogP contribution in [0.4, 0.5) is 0 Å². The van der Waals surface area contributed by atoms with E-state index in [1.54, 1.807) is 6.07 Å². The molecule has 1 aromatic heterocycles. The highest BCUT2D eigenvalue weighted by Gasteiger charge is 2.74. The predicted octanol–water partition coefficient (Wildman–Crippen LogP) is 5.05. The number of aromatic hydroxyl groups is 1. The van der Waals surface area contributed by atoms with E-state index in [0.717, 1.165) is 60.6 Å². The molecular formula is C29H29NO4. The van der Waals surface area contributed by atoms with E-state index in [1.165, 1.54) is 24.0 Å². The summed E-state index contributed by atoms with van der Waals surface area (Å²) in [5.74, 6) is 2.58. The number of likely N-dealkylation sites (tertiary alicyclic amines) is 1. The van der Waals surface area contributed by atoms with Crippen LogP contribution in [-0.2, 0) is 23.0 Å². The van der Waals surface area contributed by atoms with Gasteiger partial charge in [0.05, 0.1) is 12.0 Å². The van der Waals surface area contributed by atoms with Gasteiger partial charge >= 0.3 is 0 Å². The summed E-state index contributed by atoms with van der Waals surface area (Å²) in [7, 11) is 0. The topological polar surface area (TPSA) is 55.1 Å². The van der Waals surface area contributed by atoms with Crippen molar-refractivity contribution < 1.29 is 19.0 Å². The Bertz CT molecular complexity index is 1360. The van der Waals surface area contributed by atoms with Crippen LogP contribution >= 0.6 is 0 Å². The Morgan fingerprint density at radius 2 is 2.09 bits per heavy atom. The Labute approximate surface area is 199 Å². The molecule has 2 fully saturated rings. The Morgan fingerprint density at radius 3 is 2.94 bits per heavy atom. The molecule has 4 atom stereocenters. The molecule has 5 aliphatic rings. The fourth-order valence-electron chi connectivity index (χ4n) is 7.87. The first kappa shape index (κ1) is 19.5. The third kappa shape index (κ3) is 2.19. The van der Waals surface area contributed by atoms with Crippen molar-refractivity contribution in [3.05, 3.63) is 71.5 Å². The third-order valence-corrected chi connectivity index (χ3v) is 9.35. The van der Waals surface area contributed by atoms with Crippen LogP contribution < -0.4 is 4.74 Å². The van der Waals surface area contributed by atoms with E-state index in [-0.39, 0.29) is 23.3 Å². The van der Waals surface area contributed by atoms with Gasteiger partial charge in [-0.25, -0.2) is 0 Å². The number of hydrogen-bond donors (Lipinski definition) is 1. The molecule has 174 valence electrons. The van der Waals surface area contributed by atoms with Gasteiger partial charge in [-0.3, -0.25) is 4.90 Å². The summed E-state index contributed by atoms with van der Waals surface area (Å²) in [5, 5.41) is 12.1. The van der Waals surface area contributed by atoms with Crippen LogP contribution in [0.1, 0.15) is 47.8 Å². The number of phenolic OH excluding ortho intramolecular Hbond substituents is 1. The van der Waals surface area contributed by atoms with Crippen molar-refractivity contribution in [1.29, 1.82) is 0 Å². The quantitative estimate of drug-likeness (QED) is 0.546. The van der Waals surface area contributed by atoms with Crippen molar-refractivity contribution in [3.63, 3.8) is 0 Å². The second kappa shape index (κ2) is 6.46. The minimum absolute atomic E-state index is 0.219. The van der Waals surface area contributed by atoms with E-state index < -0.39 is 5.60 Å². The number of rotatable bonds is 5. The van der Waals surface area contributed by atoms with Gasteiger partial charge < -0.3 is 19.0 Å². The molecular weight excluding hydrogens is 426 g/mol. The number of nitrogens with zero attached hydrogens (tertiary/aromatic N) is 1. The van der Waals surface area contributed by atoms with Gasteiger partial charge in [-0.2, -0.15) is 0 Å². The molecule has 3 aromatic rings. The van der Waals surface area contributed by atoms with Gasteiger partial charge in [0.25, 0.3) is 0 Å². The highest BCUT2D eigenvalue weighted by molar-refractivity contribution is 5.84. The summed E-state index contributed by atoms with van der Waals surface area (Å²) in [6.07, 6.45) is 6.87. The lowest BCUT2D eigenvalue weighted by molar-refractivity contribution is -0.201. The normalized spacial score (nSPS) is 32.8. The number of para-hydroxylation sites is 1. The Kier molecular flexibility index (Phi) is 3.71. The maximum atomic E-state index is 10.9. The molecule has 1 saturated carbocycles. The number of furan rings is 1. The first-order chi connectivity index (χ1) is 16.7. The van der Waals surface area contributed by atoms with Gasteiger partial charge in [-0.1, -0.05) is 30.3 Å². The minimum Gasteiger partial charge on any atom is -0.504 e. The highest BCUT2D eigenvalue weighted by atomic mass is 16.5. The number of ether oxygens (including phenoxy) is 2. The first-order valence-corrected chi connectivity index (χ1v) is 12.7. The van der Waals surface area contributed by atoms with Crippen molar-refractivity contribution in [2.24, 2.45) is 5.92 Å². The molecule has 3 heterocycles. The largest absolute Gasteiger partial charge is 0.504 e. The fourth-order valence-corrected chi connectivity index (χ4v) is 7.87. The second-order valence-electron chi connectivity index (χ2n) is 10.9. The van der Waals surface area contributed by atoms with E-state index in [1.807, 2.05) is 18.2 Å². The standard InChI is InChI=1S/C29H29NO4/c1-2-13-32-29-15-20-19-5-3-4-6-22(19)33-25(20)27-28(29)11-12-30(16-17-7-8-17)23(29)14-18-9-10-21(31)26(34-27)24(18)28/h2-6,9-10,17,23,27,31H,1,7-8,11-16H2/t23-,27-,28-,29+/m0/s1. The molecule has 3 aliphatic carbocycles. The lowest BCUT2D eigenvalue weighted by Gasteiger charge is -2.64. The number of phenols is 1. The molecule has 34 heavy (non-hydrogen) atoms. The summed E-state index contributed by atoms with van der Waals surface area (Å²) in [6, 6.07) is 12.5. The number of benzene rings is 2. The Morgan fingerprint density at radius 1 is 1.21 bits per heavy atom. The molecule has 1 N–H and O–H groups in total. The molecule has 0 amide bonds. The monoisotopic (exact) mass is 455 g/mol. The molecule has 5 heteroatoms. The van der Waals surface area contributed by atoms with Gasteiger partial charge in [0, 0.05) is 35.5 Å². The smallest absolute Gasteiger partial charge is 0.169 e. The van der Waals surface area contributed by atoms with Gasteiger partial charge in [-0.05, 0) is 55.8 Å². The molecule has 2 bridgehead atoms. The van der Waals surface area contributed by atoms with Crippen LogP contribution in [0.2, 0.25) is 0 Å². The van der Waals surface area contributed by atoms with E-state index >= 15 is 0 Å². The molecule has 5 nitrogen and oxygen atoms in total. The van der Waals surface area contributed by atoms with Crippen molar-refractivity contribution >= 4 is 11.0 Å². The van der Waals surface area contributed by atoms with Crippen molar-refractivity contribution in [1.82, 2.24) is 4.90 Å². The summed E-state index contributed by atoms with van der Waals surface area (Å²) in [6.45, 7) is 6.65. The van der Waals surface area contributed by atoms with Gasteiger partial charge in [0.2, 0.25) is 0 Å². The highest BCUT2D eigenvalue weighted by Crippen LogP contribution is 2.70. The van der Waals surface area contributed by atoms with Crippen molar-refractivity contribution in [2.75, 3.05) is 19.7 Å². The Balaban J connectivity index is 1.44. The SMILES string of the molecule is C=CCO[C@@]12Cc3c(oc4ccccc34)[C@@H]3Oc4c(O)ccc5c4[C@@]31CCN(CC1CC1)[C@H]2C5. The molecule has 1 spiro atoms. The lowest BCUT2D eigenvalue weighted by atomic mass is 9.49. The average molecular weight is 456 g/mol. The fraction of sp³-hybridized carbons (Fsp3) is 0.448. The van der Waals surface area contributed by atoms with Gasteiger partial charge in [0.15, 0.2) is 17.6 Å². The summed E-state index contributed by atoms with van der Waals surface area (Å²) >= 11 is 0. The van der Waals surface area contributed by atoms with Crippen molar-refractivity contribution in [2.45, 2.75) is 55.3 Å². The van der Waals surface area contributed by atoms with E-state index in [0.29, 0.717) is 12.4 Å². The maximum Gasteiger partial charge on any atom is 0.169 e. The molecule has 2 aliphatic heterocycles. The maximum absolute atomic E-state index is 10.9. The van der Waals surface area contributed by atoms with Crippen LogP contribution in [-0.4, -0.2) is 41.3 Å². The number of fused-ring (bicyclic) bond motifs is 4. The number of piperidine rings is 1. The summed E-state index contributed by atoms with van der Waals surface area (Å²) in [5.41, 5.74) is 3.70. The van der Waals surface area contributed by atoms with Gasteiger partial charge in [0.1, 0.15) is 16.9 Å². The van der Waals surface area contributed by atoms with E-state index in [2.05, 4.69) is 29.7 Å². The van der Waals surface area contributed by atoms with Crippen molar-refractivity contribution in [3.8, 4) is 11.5 Å². The lowest BCUT2D eigenvalue weighted by Crippen LogP contribution is -2.75. The molecule has 0 unspecified atom stereocenters. The Hall–Kier alpha value is -2.76. The van der Waals surface area contributed by atoms with Crippen LogP contribution in [0.25, 0.3) is 11.0 Å². The molecule has 0 radical (unpaired) electrons. The zero-order valence-electron chi connectivity index (χ0n) is 19.3. The molecule has 1 saturated heterocycles. The second-order valence-corrected chi connectivity index (χ2v) is 10.9. The predicted molar refractivity (Wildman–Crippen MR) is 128 cm³/mol. The average Bonchev–Trinajstić information content (AvgIpc) is 3.49. The minimum atomic E-state index is -0.468. The summed E-state index contributed by atoms with van der Waals surface area (Å²) < 4.78 is 20.3.